The number of likely N-dealkylation sites (tertiary alicyclic amines) is 1. The van der Waals surface area contributed by atoms with Crippen LogP contribution in [0.2, 0.25) is 0 Å². The van der Waals surface area contributed by atoms with Crippen LogP contribution in [0, 0.1) is 18.8 Å². The highest BCUT2D eigenvalue weighted by Crippen LogP contribution is 2.55. The van der Waals surface area contributed by atoms with Gasteiger partial charge >= 0.3 is 0 Å². The molecule has 0 aromatic heterocycles. The number of unbranched alkanes of at least 4 members (excludes halogenated alkanes) is 1. The van der Waals surface area contributed by atoms with Gasteiger partial charge in [0.2, 0.25) is 17.7 Å². The number of anilines is 1. The number of carbonyl (C=O) groups is 3. The first-order chi connectivity index (χ1) is 16.4. The third-order valence-electron chi connectivity index (χ3n) is 7.95. The lowest BCUT2D eigenvalue weighted by atomic mass is 9.74. The topological polar surface area (TPSA) is 87.7 Å². The number of rotatable bonds is 7. The predicted octanol–water partition coefficient (Wildman–Crippen LogP) is 3.33. The fourth-order valence-electron chi connectivity index (χ4n) is 6.23. The maximum Gasteiger partial charge on any atom is 0.246 e. The monoisotopic (exact) mass is 465 g/mol. The van der Waals surface area contributed by atoms with Crippen molar-refractivity contribution in [1.29, 1.82) is 0 Å². The van der Waals surface area contributed by atoms with E-state index in [0.29, 0.717) is 12.2 Å². The number of nitrogens with zero attached hydrogens (tertiary/aromatic N) is 1. The maximum atomic E-state index is 13.7. The fourth-order valence-corrected chi connectivity index (χ4v) is 6.23. The zero-order chi connectivity index (χ0) is 23.9. The minimum Gasteiger partial charge on any atom is -0.359 e. The Labute approximate surface area is 201 Å². The number of carbonyl (C=O) groups excluding carboxylic acids is 3. The van der Waals surface area contributed by atoms with Gasteiger partial charge in [-0.25, -0.2) is 0 Å². The van der Waals surface area contributed by atoms with E-state index in [9.17, 15) is 14.4 Å². The first-order valence-electron chi connectivity index (χ1n) is 12.8. The number of ether oxygens (including phenoxy) is 1. The van der Waals surface area contributed by atoms with E-state index in [1.165, 1.54) is 6.42 Å². The van der Waals surface area contributed by atoms with Crippen LogP contribution in [-0.2, 0) is 19.1 Å². The molecule has 3 aliphatic heterocycles. The van der Waals surface area contributed by atoms with Crippen LogP contribution < -0.4 is 10.6 Å². The molecule has 1 aliphatic carbocycles. The Morgan fingerprint density at radius 1 is 1.12 bits per heavy atom. The molecular formula is C27H35N3O4. The maximum absolute atomic E-state index is 13.7. The summed E-state index contributed by atoms with van der Waals surface area (Å²) in [5.41, 5.74) is 0.715. The van der Waals surface area contributed by atoms with Crippen molar-refractivity contribution in [3.8, 4) is 0 Å². The SMILES string of the molecule is CCCCN1C(=O)[C@H]2[C@H](C(=O)Nc3ccc(C)cc3)[C@H]3C=C[C@@]2(O3)[C@H]1C(=O)NC1CCCCC1. The van der Waals surface area contributed by atoms with Crippen LogP contribution in [0.25, 0.3) is 0 Å². The molecule has 2 bridgehead atoms. The van der Waals surface area contributed by atoms with Crippen LogP contribution in [0.3, 0.4) is 0 Å². The fraction of sp³-hybridized carbons (Fsp3) is 0.593. The summed E-state index contributed by atoms with van der Waals surface area (Å²) in [5, 5.41) is 6.19. The minimum absolute atomic E-state index is 0.142. The normalized spacial score (nSPS) is 32.2. The average molecular weight is 466 g/mol. The first-order valence-corrected chi connectivity index (χ1v) is 12.8. The summed E-state index contributed by atoms with van der Waals surface area (Å²) in [6.07, 6.45) is 10.3. The molecule has 5 rings (SSSR count). The molecule has 7 heteroatoms. The Hall–Kier alpha value is -2.67. The van der Waals surface area contributed by atoms with Crippen LogP contribution in [0.4, 0.5) is 5.69 Å². The summed E-state index contributed by atoms with van der Waals surface area (Å²) < 4.78 is 6.38. The lowest BCUT2D eigenvalue weighted by molar-refractivity contribution is -0.141. The molecule has 7 nitrogen and oxygen atoms in total. The van der Waals surface area contributed by atoms with Gasteiger partial charge in [0.05, 0.1) is 17.9 Å². The van der Waals surface area contributed by atoms with E-state index in [0.717, 1.165) is 44.1 Å². The minimum atomic E-state index is -1.08. The van der Waals surface area contributed by atoms with E-state index >= 15 is 0 Å². The molecule has 3 fully saturated rings. The molecule has 1 aromatic carbocycles. The second kappa shape index (κ2) is 9.17. The van der Waals surface area contributed by atoms with Crippen molar-refractivity contribution in [1.82, 2.24) is 10.2 Å². The number of fused-ring (bicyclic) bond motifs is 1. The highest BCUT2D eigenvalue weighted by Gasteiger charge is 2.72. The largest absolute Gasteiger partial charge is 0.359 e. The third kappa shape index (κ3) is 3.84. The number of benzene rings is 1. The molecule has 182 valence electrons. The van der Waals surface area contributed by atoms with Crippen molar-refractivity contribution in [3.63, 3.8) is 0 Å². The molecule has 1 spiro atoms. The second-order valence-electron chi connectivity index (χ2n) is 10.3. The Bertz CT molecular complexity index is 984. The van der Waals surface area contributed by atoms with E-state index in [1.807, 2.05) is 43.3 Å². The molecule has 0 unspecified atom stereocenters. The Morgan fingerprint density at radius 2 is 1.85 bits per heavy atom. The molecule has 0 radical (unpaired) electrons. The van der Waals surface area contributed by atoms with Gasteiger partial charge in [0.25, 0.3) is 0 Å². The van der Waals surface area contributed by atoms with Gasteiger partial charge in [-0.1, -0.05) is 62.5 Å². The number of hydrogen-bond acceptors (Lipinski definition) is 4. The number of hydrogen-bond donors (Lipinski definition) is 2. The van der Waals surface area contributed by atoms with Crippen LogP contribution in [0.5, 0.6) is 0 Å². The standard InChI is InChI=1S/C27H35N3O4/c1-3-4-16-30-23(25(32)29-18-8-6-5-7-9-18)27-15-14-20(34-27)21(22(27)26(30)33)24(31)28-19-12-10-17(2)11-13-19/h10-15,18,20-23H,3-9,16H2,1-2H3,(H,28,31)(H,29,32)/t20-,21-,22-,23-,27+/m1/s1. The molecule has 34 heavy (non-hydrogen) atoms. The van der Waals surface area contributed by atoms with Crippen LogP contribution >= 0.6 is 0 Å². The molecule has 2 saturated heterocycles. The number of nitrogens with one attached hydrogen (secondary N) is 2. The summed E-state index contributed by atoms with van der Waals surface area (Å²) in [4.78, 5) is 42.5. The van der Waals surface area contributed by atoms with Gasteiger partial charge in [-0.05, 0) is 38.3 Å². The van der Waals surface area contributed by atoms with E-state index in [1.54, 1.807) is 4.90 Å². The Balaban J connectivity index is 1.42. The van der Waals surface area contributed by atoms with Crippen molar-refractivity contribution in [2.45, 2.75) is 82.6 Å². The van der Waals surface area contributed by atoms with Crippen LogP contribution in [0.15, 0.2) is 36.4 Å². The lowest BCUT2D eigenvalue weighted by Gasteiger charge is -2.34. The van der Waals surface area contributed by atoms with Crippen molar-refractivity contribution in [3.05, 3.63) is 42.0 Å². The molecule has 3 amide bonds. The van der Waals surface area contributed by atoms with E-state index in [4.69, 9.17) is 4.74 Å². The predicted molar refractivity (Wildman–Crippen MR) is 129 cm³/mol. The average Bonchev–Trinajstić information content (AvgIpc) is 3.47. The zero-order valence-corrected chi connectivity index (χ0v) is 20.1. The zero-order valence-electron chi connectivity index (χ0n) is 20.1. The summed E-state index contributed by atoms with van der Waals surface area (Å²) in [6.45, 7) is 4.55. The van der Waals surface area contributed by atoms with Gasteiger partial charge in [-0.2, -0.15) is 0 Å². The Morgan fingerprint density at radius 3 is 2.56 bits per heavy atom. The summed E-state index contributed by atoms with van der Waals surface area (Å²) in [5.74, 6) is -1.87. The van der Waals surface area contributed by atoms with Gasteiger partial charge in [-0.3, -0.25) is 14.4 Å². The molecule has 5 atom stereocenters. The number of aryl methyl sites for hydroxylation is 1. The molecular weight excluding hydrogens is 430 g/mol. The summed E-state index contributed by atoms with van der Waals surface area (Å²) in [6, 6.07) is 6.99. The van der Waals surface area contributed by atoms with Gasteiger partial charge in [-0.15, -0.1) is 0 Å². The summed E-state index contributed by atoms with van der Waals surface area (Å²) >= 11 is 0. The quantitative estimate of drug-likeness (QED) is 0.605. The van der Waals surface area contributed by atoms with E-state index < -0.39 is 29.6 Å². The molecule has 3 heterocycles. The smallest absolute Gasteiger partial charge is 0.246 e. The van der Waals surface area contributed by atoms with Gasteiger partial charge in [0.15, 0.2) is 0 Å². The highest BCUT2D eigenvalue weighted by molar-refractivity contribution is 6.02. The molecule has 1 saturated carbocycles. The summed E-state index contributed by atoms with van der Waals surface area (Å²) in [7, 11) is 0. The van der Waals surface area contributed by atoms with Crippen LogP contribution in [-0.4, -0.2) is 53.0 Å². The van der Waals surface area contributed by atoms with Crippen molar-refractivity contribution in [2.24, 2.45) is 11.8 Å². The molecule has 2 N–H and O–H groups in total. The van der Waals surface area contributed by atoms with Crippen molar-refractivity contribution >= 4 is 23.4 Å². The second-order valence-corrected chi connectivity index (χ2v) is 10.3. The van der Waals surface area contributed by atoms with E-state index in [2.05, 4.69) is 17.6 Å². The van der Waals surface area contributed by atoms with Gasteiger partial charge in [0, 0.05) is 18.3 Å². The van der Waals surface area contributed by atoms with Gasteiger partial charge < -0.3 is 20.3 Å². The van der Waals surface area contributed by atoms with Gasteiger partial charge in [0.1, 0.15) is 11.6 Å². The Kier molecular flexibility index (Phi) is 6.23. The lowest BCUT2D eigenvalue weighted by Crippen LogP contribution is -2.56. The highest BCUT2D eigenvalue weighted by atomic mass is 16.5. The third-order valence-corrected chi connectivity index (χ3v) is 7.95. The molecule has 4 aliphatic rings. The van der Waals surface area contributed by atoms with Crippen molar-refractivity contribution in [2.75, 3.05) is 11.9 Å². The van der Waals surface area contributed by atoms with E-state index in [-0.39, 0.29) is 23.8 Å². The number of amides is 3. The molecule has 1 aromatic rings. The first kappa shape index (κ1) is 23.1. The van der Waals surface area contributed by atoms with Crippen LogP contribution in [0.1, 0.15) is 57.4 Å². The van der Waals surface area contributed by atoms with Crippen molar-refractivity contribution < 1.29 is 19.1 Å².